The Morgan fingerprint density at radius 2 is 2.14 bits per heavy atom. The van der Waals surface area contributed by atoms with E-state index in [9.17, 15) is 8.42 Å². The maximum Gasteiger partial charge on any atom is 0.250 e. The molecule has 0 amide bonds. The lowest BCUT2D eigenvalue weighted by atomic mass is 10.3. The number of nitrogens with one attached hydrogen (secondary N) is 2. The largest absolute Gasteiger partial charge is 0.316 e. The molecule has 0 bridgehead atoms. The van der Waals surface area contributed by atoms with Crippen LogP contribution >= 0.6 is 22.7 Å². The average Bonchev–Trinajstić information content (AvgIpc) is 3.13. The van der Waals surface area contributed by atoms with E-state index in [1.165, 1.54) is 22.7 Å². The van der Waals surface area contributed by atoms with Gasteiger partial charge in [0.25, 0.3) is 0 Å². The molecule has 0 unspecified atom stereocenters. The van der Waals surface area contributed by atoms with Gasteiger partial charge in [-0.1, -0.05) is 6.92 Å². The van der Waals surface area contributed by atoms with Gasteiger partial charge in [-0.25, -0.2) is 18.1 Å². The summed E-state index contributed by atoms with van der Waals surface area (Å²) in [6, 6.07) is 3.55. The molecule has 0 fully saturated rings. The van der Waals surface area contributed by atoms with Crippen LogP contribution in [0.15, 0.2) is 27.2 Å². The predicted molar refractivity (Wildman–Crippen MR) is 87.3 cm³/mol. The first-order valence-electron chi connectivity index (χ1n) is 6.78. The smallest absolute Gasteiger partial charge is 0.250 e. The van der Waals surface area contributed by atoms with Crippen molar-refractivity contribution in [2.24, 2.45) is 0 Å². The Morgan fingerprint density at radius 3 is 2.86 bits per heavy atom. The van der Waals surface area contributed by atoms with Gasteiger partial charge in [-0.15, -0.1) is 22.7 Å². The van der Waals surface area contributed by atoms with Gasteiger partial charge in [0.05, 0.1) is 17.7 Å². The van der Waals surface area contributed by atoms with Gasteiger partial charge in [-0.2, -0.15) is 0 Å². The molecule has 0 aromatic carbocycles. The molecule has 0 radical (unpaired) electrons. The van der Waals surface area contributed by atoms with Crippen LogP contribution in [0.2, 0.25) is 0 Å². The van der Waals surface area contributed by atoms with E-state index in [1.54, 1.807) is 11.6 Å². The first-order chi connectivity index (χ1) is 10.1. The lowest BCUT2D eigenvalue weighted by molar-refractivity contribution is 0.583. The number of hydrogen-bond acceptors (Lipinski definition) is 6. The second-order valence-electron chi connectivity index (χ2n) is 4.53. The maximum atomic E-state index is 12.2. The van der Waals surface area contributed by atoms with Gasteiger partial charge in [-0.3, -0.25) is 0 Å². The Morgan fingerprint density at radius 1 is 1.29 bits per heavy atom. The minimum atomic E-state index is -3.44. The summed E-state index contributed by atoms with van der Waals surface area (Å²) >= 11 is 2.78. The molecule has 5 nitrogen and oxygen atoms in total. The standard InChI is InChI=1S/C13H19N3O2S3/c1-2-6-14-7-5-12-3-4-13(20-12)21(17,18)16-8-11-9-19-10-15-11/h3-4,9-10,14,16H,2,5-8H2,1H3. The minimum absolute atomic E-state index is 0.233. The van der Waals surface area contributed by atoms with Crippen molar-refractivity contribution in [3.63, 3.8) is 0 Å². The maximum absolute atomic E-state index is 12.2. The first-order valence-corrected chi connectivity index (χ1v) is 10.0. The minimum Gasteiger partial charge on any atom is -0.316 e. The summed E-state index contributed by atoms with van der Waals surface area (Å²) in [6.45, 7) is 4.22. The molecule has 0 aliphatic rings. The highest BCUT2D eigenvalue weighted by Crippen LogP contribution is 2.22. The Labute approximate surface area is 133 Å². The molecule has 0 atom stereocenters. The molecule has 0 aliphatic carbocycles. The SMILES string of the molecule is CCCNCCc1ccc(S(=O)(=O)NCc2cscn2)s1. The third-order valence-electron chi connectivity index (χ3n) is 2.80. The van der Waals surface area contributed by atoms with E-state index >= 15 is 0 Å². The lowest BCUT2D eigenvalue weighted by Gasteiger charge is -2.02. The van der Waals surface area contributed by atoms with Crippen LogP contribution in [0.1, 0.15) is 23.9 Å². The highest BCUT2D eigenvalue weighted by Gasteiger charge is 2.16. The zero-order valence-corrected chi connectivity index (χ0v) is 14.3. The zero-order valence-electron chi connectivity index (χ0n) is 11.8. The van der Waals surface area contributed by atoms with Gasteiger partial charge in [0.2, 0.25) is 10.0 Å². The van der Waals surface area contributed by atoms with Crippen LogP contribution in [0.5, 0.6) is 0 Å². The van der Waals surface area contributed by atoms with Crippen LogP contribution in [0.4, 0.5) is 0 Å². The number of thiophene rings is 1. The highest BCUT2D eigenvalue weighted by atomic mass is 32.2. The topological polar surface area (TPSA) is 71.1 Å². The van der Waals surface area contributed by atoms with Crippen LogP contribution in [0.25, 0.3) is 0 Å². The van der Waals surface area contributed by atoms with Crippen LogP contribution in [-0.4, -0.2) is 26.5 Å². The molecule has 21 heavy (non-hydrogen) atoms. The second-order valence-corrected chi connectivity index (χ2v) is 8.41. The normalized spacial score (nSPS) is 11.9. The highest BCUT2D eigenvalue weighted by molar-refractivity contribution is 7.91. The van der Waals surface area contributed by atoms with Gasteiger partial charge in [0, 0.05) is 10.3 Å². The summed E-state index contributed by atoms with van der Waals surface area (Å²) in [5.41, 5.74) is 2.43. The van der Waals surface area contributed by atoms with Gasteiger partial charge in [-0.05, 0) is 38.1 Å². The van der Waals surface area contributed by atoms with Crippen LogP contribution in [-0.2, 0) is 23.0 Å². The molecule has 2 aromatic heterocycles. The summed E-state index contributed by atoms with van der Waals surface area (Å²) in [5.74, 6) is 0. The molecule has 2 aromatic rings. The van der Waals surface area contributed by atoms with Crippen molar-refractivity contribution in [2.45, 2.75) is 30.5 Å². The van der Waals surface area contributed by atoms with Gasteiger partial charge >= 0.3 is 0 Å². The number of hydrogen-bond donors (Lipinski definition) is 2. The molecule has 2 rings (SSSR count). The summed E-state index contributed by atoms with van der Waals surface area (Å²) in [6.07, 6.45) is 1.96. The molecule has 2 heterocycles. The summed E-state index contributed by atoms with van der Waals surface area (Å²) in [4.78, 5) is 5.14. The molecular weight excluding hydrogens is 326 g/mol. The van der Waals surface area contributed by atoms with Crippen LogP contribution < -0.4 is 10.0 Å². The van der Waals surface area contributed by atoms with E-state index in [-0.39, 0.29) is 6.54 Å². The Balaban J connectivity index is 1.89. The fourth-order valence-corrected chi connectivity index (χ4v) is 4.67. The molecule has 2 N–H and O–H groups in total. The van der Waals surface area contributed by atoms with E-state index in [1.807, 2.05) is 11.4 Å². The molecule has 0 aliphatic heterocycles. The lowest BCUT2D eigenvalue weighted by Crippen LogP contribution is -2.22. The third kappa shape index (κ3) is 5.15. The molecule has 8 heteroatoms. The van der Waals surface area contributed by atoms with Crippen molar-refractivity contribution in [1.29, 1.82) is 0 Å². The molecule has 0 spiro atoms. The Kier molecular flexibility index (Phi) is 6.31. The summed E-state index contributed by atoms with van der Waals surface area (Å²) in [5, 5.41) is 5.14. The molecule has 116 valence electrons. The quantitative estimate of drug-likeness (QED) is 0.684. The van der Waals surface area contributed by atoms with E-state index in [0.717, 1.165) is 36.5 Å². The van der Waals surface area contributed by atoms with Crippen molar-refractivity contribution in [3.8, 4) is 0 Å². The molecular formula is C13H19N3O2S3. The van der Waals surface area contributed by atoms with Gasteiger partial charge < -0.3 is 5.32 Å². The first kappa shape index (κ1) is 16.6. The van der Waals surface area contributed by atoms with E-state index in [4.69, 9.17) is 0 Å². The van der Waals surface area contributed by atoms with Gasteiger partial charge in [0.1, 0.15) is 4.21 Å². The van der Waals surface area contributed by atoms with Crippen molar-refractivity contribution in [2.75, 3.05) is 13.1 Å². The van der Waals surface area contributed by atoms with Crippen LogP contribution in [0, 0.1) is 0 Å². The van der Waals surface area contributed by atoms with E-state index in [0.29, 0.717) is 4.21 Å². The number of nitrogens with zero attached hydrogens (tertiary/aromatic N) is 1. The summed E-state index contributed by atoms with van der Waals surface area (Å²) in [7, 11) is -3.44. The average molecular weight is 346 g/mol. The molecule has 0 saturated carbocycles. The predicted octanol–water partition coefficient (Wildman–Crippen LogP) is 2.23. The van der Waals surface area contributed by atoms with E-state index in [2.05, 4.69) is 21.9 Å². The van der Waals surface area contributed by atoms with Crippen molar-refractivity contribution >= 4 is 32.7 Å². The fraction of sp³-hybridized carbons (Fsp3) is 0.462. The number of aromatic nitrogens is 1. The number of rotatable bonds is 9. The fourth-order valence-electron chi connectivity index (χ4n) is 1.72. The van der Waals surface area contributed by atoms with Crippen LogP contribution in [0.3, 0.4) is 0 Å². The third-order valence-corrected chi connectivity index (χ3v) is 6.48. The van der Waals surface area contributed by atoms with Crippen molar-refractivity contribution in [1.82, 2.24) is 15.0 Å². The van der Waals surface area contributed by atoms with Crippen molar-refractivity contribution < 1.29 is 8.42 Å². The van der Waals surface area contributed by atoms with Crippen molar-refractivity contribution in [3.05, 3.63) is 33.6 Å². The number of sulfonamides is 1. The number of thiazole rings is 1. The Bertz CT molecular complexity index is 635. The monoisotopic (exact) mass is 345 g/mol. The zero-order chi connectivity index (χ0) is 15.1. The second kappa shape index (κ2) is 8.00. The molecule has 0 saturated heterocycles. The van der Waals surface area contributed by atoms with E-state index < -0.39 is 10.0 Å². The Hall–Kier alpha value is -0.800. The van der Waals surface area contributed by atoms with Gasteiger partial charge in [0.15, 0.2) is 0 Å². The summed E-state index contributed by atoms with van der Waals surface area (Å²) < 4.78 is 27.3.